The number of piperazine rings is 1. The first-order valence-corrected chi connectivity index (χ1v) is 10.0. The van der Waals surface area contributed by atoms with Crippen molar-refractivity contribution in [1.29, 1.82) is 0 Å². The van der Waals surface area contributed by atoms with Crippen molar-refractivity contribution in [2.45, 2.75) is 13.2 Å². The van der Waals surface area contributed by atoms with Gasteiger partial charge in [0, 0.05) is 31.7 Å². The quantitative estimate of drug-likeness (QED) is 0.587. The number of rotatable bonds is 6. The number of amides is 2. The highest BCUT2D eigenvalue weighted by Gasteiger charge is 2.27. The van der Waals surface area contributed by atoms with Crippen LogP contribution in [0.5, 0.6) is 5.75 Å². The summed E-state index contributed by atoms with van der Waals surface area (Å²) >= 11 is 0. The van der Waals surface area contributed by atoms with E-state index in [1.54, 1.807) is 39.0 Å². The minimum atomic E-state index is -3.01. The molecule has 0 bridgehead atoms. The van der Waals surface area contributed by atoms with Crippen molar-refractivity contribution in [3.63, 3.8) is 0 Å². The maximum absolute atomic E-state index is 12.8. The standard InChI is InChI=1S/C22H21F2N5O3/c23-22(24)32-19-4-2-1-3-18(19)21(31)28-11-9-27(10-12-28)20(30)17-7-5-16(6-8-17)13-29-15-25-14-26-29/h1-8,14-15,22H,9-13H2. The molecule has 0 N–H and O–H groups in total. The molecule has 0 aliphatic carbocycles. The fourth-order valence-electron chi connectivity index (χ4n) is 3.56. The fourth-order valence-corrected chi connectivity index (χ4v) is 3.56. The van der Waals surface area contributed by atoms with Gasteiger partial charge in [0.25, 0.3) is 11.8 Å². The maximum atomic E-state index is 12.8. The van der Waals surface area contributed by atoms with Crippen LogP contribution < -0.4 is 4.74 Å². The van der Waals surface area contributed by atoms with Crippen LogP contribution in [0.3, 0.4) is 0 Å². The van der Waals surface area contributed by atoms with Gasteiger partial charge in [-0.2, -0.15) is 13.9 Å². The number of aromatic nitrogens is 3. The lowest BCUT2D eigenvalue weighted by Crippen LogP contribution is -2.50. The predicted molar refractivity (Wildman–Crippen MR) is 110 cm³/mol. The van der Waals surface area contributed by atoms with E-state index in [1.807, 2.05) is 12.1 Å². The van der Waals surface area contributed by atoms with Crippen molar-refractivity contribution >= 4 is 11.8 Å². The minimum Gasteiger partial charge on any atom is -0.434 e. The highest BCUT2D eigenvalue weighted by molar-refractivity contribution is 5.97. The Morgan fingerprint density at radius 2 is 1.59 bits per heavy atom. The van der Waals surface area contributed by atoms with Crippen molar-refractivity contribution < 1.29 is 23.1 Å². The molecule has 1 aromatic heterocycles. The molecule has 0 radical (unpaired) electrons. The molecular weight excluding hydrogens is 420 g/mol. The van der Waals surface area contributed by atoms with Crippen LogP contribution in [0.15, 0.2) is 61.2 Å². The van der Waals surface area contributed by atoms with Crippen LogP contribution in [-0.4, -0.2) is 69.2 Å². The number of benzene rings is 2. The van der Waals surface area contributed by atoms with Crippen LogP contribution in [0, 0.1) is 0 Å². The van der Waals surface area contributed by atoms with E-state index in [0.29, 0.717) is 38.3 Å². The summed E-state index contributed by atoms with van der Waals surface area (Å²) in [6.07, 6.45) is 3.09. The van der Waals surface area contributed by atoms with Gasteiger partial charge >= 0.3 is 6.61 Å². The normalized spacial score (nSPS) is 14.0. The van der Waals surface area contributed by atoms with E-state index in [2.05, 4.69) is 14.8 Å². The summed E-state index contributed by atoms with van der Waals surface area (Å²) < 4.78 is 31.4. The Labute approximate surface area is 183 Å². The molecule has 1 saturated heterocycles. The van der Waals surface area contributed by atoms with E-state index in [4.69, 9.17) is 0 Å². The topological polar surface area (TPSA) is 80.6 Å². The molecule has 2 amide bonds. The second-order valence-corrected chi connectivity index (χ2v) is 7.25. The molecule has 4 rings (SSSR count). The van der Waals surface area contributed by atoms with Crippen LogP contribution in [0.1, 0.15) is 26.3 Å². The summed E-state index contributed by atoms with van der Waals surface area (Å²) in [7, 11) is 0. The average molecular weight is 441 g/mol. The zero-order chi connectivity index (χ0) is 22.5. The van der Waals surface area contributed by atoms with Crippen LogP contribution in [0.25, 0.3) is 0 Å². The number of para-hydroxylation sites is 1. The number of alkyl halides is 2. The van der Waals surface area contributed by atoms with Gasteiger partial charge in [-0.3, -0.25) is 9.59 Å². The molecule has 32 heavy (non-hydrogen) atoms. The number of hydrogen-bond donors (Lipinski definition) is 0. The van der Waals surface area contributed by atoms with Gasteiger partial charge in [-0.1, -0.05) is 24.3 Å². The third-order valence-corrected chi connectivity index (χ3v) is 5.20. The molecule has 8 nitrogen and oxygen atoms in total. The average Bonchev–Trinajstić information content (AvgIpc) is 3.32. The zero-order valence-corrected chi connectivity index (χ0v) is 17.1. The number of carbonyl (C=O) groups excluding carboxylic acids is 2. The molecule has 2 heterocycles. The van der Waals surface area contributed by atoms with Crippen LogP contribution >= 0.6 is 0 Å². The molecule has 1 fully saturated rings. The zero-order valence-electron chi connectivity index (χ0n) is 17.1. The summed E-state index contributed by atoms with van der Waals surface area (Å²) in [6.45, 7) is -1.14. The number of ether oxygens (including phenoxy) is 1. The Kier molecular flexibility index (Phi) is 6.39. The Morgan fingerprint density at radius 3 is 2.22 bits per heavy atom. The van der Waals surface area contributed by atoms with E-state index in [1.165, 1.54) is 24.5 Å². The molecule has 10 heteroatoms. The minimum absolute atomic E-state index is 0.0792. The number of halogens is 2. The smallest absolute Gasteiger partial charge is 0.387 e. The lowest BCUT2D eigenvalue weighted by Gasteiger charge is -2.35. The Hall–Kier alpha value is -3.82. The Balaban J connectivity index is 1.35. The van der Waals surface area contributed by atoms with E-state index < -0.39 is 12.5 Å². The first-order chi connectivity index (χ1) is 15.5. The third kappa shape index (κ3) is 4.90. The van der Waals surface area contributed by atoms with E-state index in [0.717, 1.165) is 5.56 Å². The van der Waals surface area contributed by atoms with Gasteiger partial charge in [0.1, 0.15) is 18.4 Å². The second kappa shape index (κ2) is 9.54. The summed E-state index contributed by atoms with van der Waals surface area (Å²) in [6, 6.07) is 13.2. The van der Waals surface area contributed by atoms with E-state index >= 15 is 0 Å². The van der Waals surface area contributed by atoms with Crippen LogP contribution in [0.4, 0.5) is 8.78 Å². The highest BCUT2D eigenvalue weighted by Crippen LogP contribution is 2.23. The van der Waals surface area contributed by atoms with Crippen molar-refractivity contribution in [3.8, 4) is 5.75 Å². The fraction of sp³-hybridized carbons (Fsp3) is 0.273. The molecule has 3 aromatic rings. The number of carbonyl (C=O) groups is 2. The largest absolute Gasteiger partial charge is 0.434 e. The molecule has 1 aliphatic heterocycles. The molecule has 0 unspecified atom stereocenters. The lowest BCUT2D eigenvalue weighted by atomic mass is 10.1. The van der Waals surface area contributed by atoms with Gasteiger partial charge in [0.2, 0.25) is 0 Å². The van der Waals surface area contributed by atoms with Crippen LogP contribution in [0.2, 0.25) is 0 Å². The monoisotopic (exact) mass is 441 g/mol. The summed E-state index contributed by atoms with van der Waals surface area (Å²) in [5, 5.41) is 4.06. The van der Waals surface area contributed by atoms with Gasteiger partial charge in [-0.15, -0.1) is 0 Å². The van der Waals surface area contributed by atoms with Crippen molar-refractivity contribution in [2.24, 2.45) is 0 Å². The molecule has 0 saturated carbocycles. The van der Waals surface area contributed by atoms with Gasteiger partial charge in [0.15, 0.2) is 0 Å². The molecule has 166 valence electrons. The summed E-state index contributed by atoms with van der Waals surface area (Å²) in [5.74, 6) is -0.673. The molecule has 0 atom stereocenters. The van der Waals surface area contributed by atoms with Gasteiger partial charge in [-0.25, -0.2) is 9.67 Å². The van der Waals surface area contributed by atoms with Gasteiger partial charge in [-0.05, 0) is 29.8 Å². The SMILES string of the molecule is O=C(c1ccc(Cn2cncn2)cc1)N1CCN(C(=O)c2ccccc2OC(F)F)CC1. The van der Waals surface area contributed by atoms with Crippen LogP contribution in [-0.2, 0) is 6.54 Å². The lowest BCUT2D eigenvalue weighted by molar-refractivity contribution is -0.0503. The van der Waals surface area contributed by atoms with Gasteiger partial charge < -0.3 is 14.5 Å². The highest BCUT2D eigenvalue weighted by atomic mass is 19.3. The van der Waals surface area contributed by atoms with Crippen molar-refractivity contribution in [2.75, 3.05) is 26.2 Å². The maximum Gasteiger partial charge on any atom is 0.387 e. The third-order valence-electron chi connectivity index (χ3n) is 5.20. The number of nitrogens with zero attached hydrogens (tertiary/aromatic N) is 5. The van der Waals surface area contributed by atoms with E-state index in [-0.39, 0.29) is 17.2 Å². The molecule has 2 aromatic carbocycles. The van der Waals surface area contributed by atoms with Crippen molar-refractivity contribution in [1.82, 2.24) is 24.6 Å². The first-order valence-electron chi connectivity index (χ1n) is 10.0. The molecule has 0 spiro atoms. The Morgan fingerprint density at radius 1 is 0.938 bits per heavy atom. The van der Waals surface area contributed by atoms with Gasteiger partial charge in [0.05, 0.1) is 12.1 Å². The molecule has 1 aliphatic rings. The molecular formula is C22H21F2N5O3. The first kappa shape index (κ1) is 21.4. The summed E-state index contributed by atoms with van der Waals surface area (Å²) in [5.41, 5.74) is 1.63. The Bertz CT molecular complexity index is 1070. The summed E-state index contributed by atoms with van der Waals surface area (Å²) in [4.78, 5) is 32.8. The number of hydrogen-bond acceptors (Lipinski definition) is 5. The predicted octanol–water partition coefficient (Wildman–Crippen LogP) is 2.53. The second-order valence-electron chi connectivity index (χ2n) is 7.25. The van der Waals surface area contributed by atoms with E-state index in [9.17, 15) is 18.4 Å². The van der Waals surface area contributed by atoms with Crippen molar-refractivity contribution in [3.05, 3.63) is 77.9 Å².